The van der Waals surface area contributed by atoms with Crippen molar-refractivity contribution in [1.82, 2.24) is 9.97 Å². The maximum atomic E-state index is 6.06. The maximum Gasteiger partial charge on any atom is 0.134 e. The summed E-state index contributed by atoms with van der Waals surface area (Å²) in [5, 5.41) is 0.421. The first kappa shape index (κ1) is 18.0. The number of hydrogen-bond donors (Lipinski definition) is 0. The van der Waals surface area contributed by atoms with Gasteiger partial charge in [0.25, 0.3) is 0 Å². The van der Waals surface area contributed by atoms with Crippen LogP contribution in [0.2, 0.25) is 5.15 Å². The highest BCUT2D eigenvalue weighted by Crippen LogP contribution is 2.22. The summed E-state index contributed by atoms with van der Waals surface area (Å²) in [5.74, 6) is 2.44. The molecule has 26 heavy (non-hydrogen) atoms. The molecule has 6 heteroatoms. The molecule has 1 aromatic heterocycles. The number of ether oxygens (including phenoxy) is 2. The fourth-order valence-corrected chi connectivity index (χ4v) is 2.76. The Balaban J connectivity index is 1.84. The van der Waals surface area contributed by atoms with Crippen LogP contribution in [0.25, 0.3) is 0 Å². The zero-order valence-corrected chi connectivity index (χ0v) is 15.5. The molecular formula is C20H20ClN3O2. The highest BCUT2D eigenvalue weighted by Gasteiger charge is 2.11. The van der Waals surface area contributed by atoms with E-state index in [9.17, 15) is 0 Å². The molecule has 3 aromatic rings. The Labute approximate surface area is 158 Å². The van der Waals surface area contributed by atoms with Crippen molar-refractivity contribution >= 4 is 17.4 Å². The molecule has 0 amide bonds. The molecule has 0 unspecified atom stereocenters. The summed E-state index contributed by atoms with van der Waals surface area (Å²) in [4.78, 5) is 10.5. The van der Waals surface area contributed by atoms with Crippen molar-refractivity contribution in [3.05, 3.63) is 77.2 Å². The van der Waals surface area contributed by atoms with Crippen LogP contribution >= 0.6 is 11.6 Å². The molecule has 0 aliphatic rings. The van der Waals surface area contributed by atoms with Gasteiger partial charge in [0.1, 0.15) is 28.8 Å². The van der Waals surface area contributed by atoms with Crippen molar-refractivity contribution in [1.29, 1.82) is 0 Å². The van der Waals surface area contributed by atoms with Crippen molar-refractivity contribution in [2.75, 3.05) is 19.1 Å². The molecule has 0 fully saturated rings. The lowest BCUT2D eigenvalue weighted by atomic mass is 10.1. The van der Waals surface area contributed by atoms with Crippen LogP contribution in [-0.4, -0.2) is 24.2 Å². The second-order valence-corrected chi connectivity index (χ2v) is 6.14. The van der Waals surface area contributed by atoms with Gasteiger partial charge in [0, 0.05) is 19.2 Å². The van der Waals surface area contributed by atoms with Gasteiger partial charge >= 0.3 is 0 Å². The fraction of sp³-hybridized carbons (Fsp3) is 0.200. The zero-order valence-electron chi connectivity index (χ0n) is 14.7. The second kappa shape index (κ2) is 8.54. The predicted octanol–water partition coefficient (Wildman–Crippen LogP) is 4.35. The van der Waals surface area contributed by atoms with Crippen LogP contribution in [0.3, 0.4) is 0 Å². The monoisotopic (exact) mass is 369 g/mol. The van der Waals surface area contributed by atoms with Crippen LogP contribution in [-0.2, 0) is 13.1 Å². The SMILES string of the molecule is COc1ccc(CN(Cc2ccc(OC)cc2)c2cc(Cl)ncn2)cc1. The van der Waals surface area contributed by atoms with Crippen molar-refractivity contribution in [2.45, 2.75) is 13.1 Å². The average molecular weight is 370 g/mol. The Morgan fingerprint density at radius 1 is 0.808 bits per heavy atom. The molecule has 5 nitrogen and oxygen atoms in total. The number of hydrogen-bond acceptors (Lipinski definition) is 5. The summed E-state index contributed by atoms with van der Waals surface area (Å²) in [6, 6.07) is 17.8. The third-order valence-corrected chi connectivity index (χ3v) is 4.21. The van der Waals surface area contributed by atoms with Crippen LogP contribution in [0.15, 0.2) is 60.9 Å². The predicted molar refractivity (Wildman–Crippen MR) is 103 cm³/mol. The molecule has 2 aromatic carbocycles. The molecule has 0 radical (unpaired) electrons. The second-order valence-electron chi connectivity index (χ2n) is 5.75. The van der Waals surface area contributed by atoms with Gasteiger partial charge in [0.05, 0.1) is 14.2 Å². The van der Waals surface area contributed by atoms with Crippen LogP contribution in [0.4, 0.5) is 5.82 Å². The summed E-state index contributed by atoms with van der Waals surface area (Å²) < 4.78 is 10.5. The van der Waals surface area contributed by atoms with Gasteiger partial charge in [-0.05, 0) is 35.4 Å². The molecule has 0 spiro atoms. The van der Waals surface area contributed by atoms with E-state index in [1.807, 2.05) is 48.5 Å². The van der Waals surface area contributed by atoms with E-state index >= 15 is 0 Å². The van der Waals surface area contributed by atoms with Crippen molar-refractivity contribution in [3.8, 4) is 11.5 Å². The molecule has 0 aliphatic heterocycles. The number of aromatic nitrogens is 2. The molecule has 0 bridgehead atoms. The van der Waals surface area contributed by atoms with E-state index in [2.05, 4.69) is 14.9 Å². The van der Waals surface area contributed by atoms with Crippen LogP contribution in [0.5, 0.6) is 11.5 Å². The lowest BCUT2D eigenvalue weighted by Gasteiger charge is -2.24. The third-order valence-electron chi connectivity index (χ3n) is 4.01. The molecule has 0 aliphatic carbocycles. The Morgan fingerprint density at radius 3 is 1.73 bits per heavy atom. The van der Waals surface area contributed by atoms with Gasteiger partial charge in [-0.2, -0.15) is 0 Å². The quantitative estimate of drug-likeness (QED) is 0.579. The Morgan fingerprint density at radius 2 is 1.31 bits per heavy atom. The summed E-state index contributed by atoms with van der Waals surface area (Å²) in [6.07, 6.45) is 1.48. The molecule has 0 saturated heterocycles. The minimum atomic E-state index is 0.421. The van der Waals surface area contributed by atoms with Crippen molar-refractivity contribution in [2.24, 2.45) is 0 Å². The topological polar surface area (TPSA) is 47.5 Å². The Kier molecular flexibility index (Phi) is 5.92. The molecule has 0 atom stereocenters. The summed E-state index contributed by atoms with van der Waals surface area (Å²) >= 11 is 6.06. The number of methoxy groups -OCH3 is 2. The van der Waals surface area contributed by atoms with Gasteiger partial charge in [-0.15, -0.1) is 0 Å². The van der Waals surface area contributed by atoms with Gasteiger partial charge in [0.2, 0.25) is 0 Å². The van der Waals surface area contributed by atoms with Gasteiger partial charge in [-0.3, -0.25) is 0 Å². The van der Waals surface area contributed by atoms with E-state index in [4.69, 9.17) is 21.1 Å². The molecule has 1 heterocycles. The fourth-order valence-electron chi connectivity index (χ4n) is 2.62. The van der Waals surface area contributed by atoms with E-state index < -0.39 is 0 Å². The lowest BCUT2D eigenvalue weighted by Crippen LogP contribution is -2.23. The highest BCUT2D eigenvalue weighted by molar-refractivity contribution is 6.29. The standard InChI is InChI=1S/C20H20ClN3O2/c1-25-17-7-3-15(4-8-17)12-24(20-11-19(21)22-14-23-20)13-16-5-9-18(26-2)10-6-16/h3-11,14H,12-13H2,1-2H3. The van der Waals surface area contributed by atoms with Gasteiger partial charge in [-0.25, -0.2) is 9.97 Å². The smallest absolute Gasteiger partial charge is 0.134 e. The largest absolute Gasteiger partial charge is 0.497 e. The van der Waals surface area contributed by atoms with E-state index in [1.165, 1.54) is 6.33 Å². The van der Waals surface area contributed by atoms with Crippen molar-refractivity contribution < 1.29 is 9.47 Å². The third kappa shape index (κ3) is 4.64. The van der Waals surface area contributed by atoms with E-state index in [-0.39, 0.29) is 0 Å². The zero-order chi connectivity index (χ0) is 18.4. The number of anilines is 1. The summed E-state index contributed by atoms with van der Waals surface area (Å²) in [7, 11) is 3.32. The van der Waals surface area contributed by atoms with Crippen LogP contribution < -0.4 is 14.4 Å². The minimum absolute atomic E-state index is 0.421. The Bertz CT molecular complexity index is 789. The van der Waals surface area contributed by atoms with Crippen LogP contribution in [0, 0.1) is 0 Å². The molecule has 0 saturated carbocycles. The first-order chi connectivity index (χ1) is 12.7. The highest BCUT2D eigenvalue weighted by atomic mass is 35.5. The number of benzene rings is 2. The van der Waals surface area contributed by atoms with Gasteiger partial charge < -0.3 is 14.4 Å². The normalized spacial score (nSPS) is 10.4. The van der Waals surface area contributed by atoms with Crippen LogP contribution in [0.1, 0.15) is 11.1 Å². The molecular weight excluding hydrogens is 350 g/mol. The van der Waals surface area contributed by atoms with Crippen molar-refractivity contribution in [3.63, 3.8) is 0 Å². The number of nitrogens with zero attached hydrogens (tertiary/aromatic N) is 3. The first-order valence-corrected chi connectivity index (χ1v) is 8.54. The average Bonchev–Trinajstić information content (AvgIpc) is 2.68. The van der Waals surface area contributed by atoms with Gasteiger partial charge in [0.15, 0.2) is 0 Å². The number of halogens is 1. The molecule has 3 rings (SSSR count). The van der Waals surface area contributed by atoms with Gasteiger partial charge in [-0.1, -0.05) is 35.9 Å². The maximum absolute atomic E-state index is 6.06. The summed E-state index contributed by atoms with van der Waals surface area (Å²) in [6.45, 7) is 1.37. The van der Waals surface area contributed by atoms with E-state index in [1.54, 1.807) is 20.3 Å². The Hall–Kier alpha value is -2.79. The molecule has 134 valence electrons. The number of rotatable bonds is 7. The van der Waals surface area contributed by atoms with E-state index in [0.717, 1.165) is 28.4 Å². The first-order valence-electron chi connectivity index (χ1n) is 8.16. The summed E-state index contributed by atoms with van der Waals surface area (Å²) in [5.41, 5.74) is 2.29. The molecule has 0 N–H and O–H groups in total. The lowest BCUT2D eigenvalue weighted by molar-refractivity contribution is 0.414. The minimum Gasteiger partial charge on any atom is -0.497 e. The van der Waals surface area contributed by atoms with E-state index in [0.29, 0.717) is 18.2 Å².